The van der Waals surface area contributed by atoms with E-state index in [1.165, 1.54) is 13.3 Å². The molecule has 3 aromatic rings. The summed E-state index contributed by atoms with van der Waals surface area (Å²) in [4.78, 5) is 36.7. The molecule has 0 bridgehead atoms. The van der Waals surface area contributed by atoms with Crippen molar-refractivity contribution in [3.63, 3.8) is 0 Å². The average molecular weight is 677 g/mol. The molecule has 0 fully saturated rings. The number of amides is 3. The lowest BCUT2D eigenvalue weighted by Crippen LogP contribution is -2.32. The standard InChI is InChI=1S/C28H26ClIN4O6/c1-4-12-39-20-10-8-19(9-11-20)32-27(36)28(37)34-31-15-18-13-22(30)26(24(14-18)38-3)40-16-25(35)33-23-7-5-6-21(29)17(23)2/h4-11,13-15H,1,12,16H2,2-3H3,(H,32,36)(H,33,35)(H,34,37)/b31-15-. The van der Waals surface area contributed by atoms with Crippen LogP contribution in [0.2, 0.25) is 5.02 Å². The van der Waals surface area contributed by atoms with Crippen LogP contribution in [0.3, 0.4) is 0 Å². The Balaban J connectivity index is 1.56. The van der Waals surface area contributed by atoms with Crippen molar-refractivity contribution in [1.29, 1.82) is 0 Å². The number of hydrogen-bond donors (Lipinski definition) is 3. The van der Waals surface area contributed by atoms with Gasteiger partial charge in [-0.25, -0.2) is 5.43 Å². The van der Waals surface area contributed by atoms with Gasteiger partial charge in [-0.2, -0.15) is 5.10 Å². The zero-order valence-corrected chi connectivity index (χ0v) is 24.5. The van der Waals surface area contributed by atoms with Crippen LogP contribution in [0.25, 0.3) is 0 Å². The molecule has 0 radical (unpaired) electrons. The Hall–Kier alpha value is -4.10. The molecule has 10 nitrogen and oxygen atoms in total. The van der Waals surface area contributed by atoms with Crippen molar-refractivity contribution in [3.05, 3.63) is 87.0 Å². The summed E-state index contributed by atoms with van der Waals surface area (Å²) in [5.41, 5.74) is 4.50. The highest BCUT2D eigenvalue weighted by Crippen LogP contribution is 2.33. The van der Waals surface area contributed by atoms with Gasteiger partial charge < -0.3 is 24.8 Å². The maximum Gasteiger partial charge on any atom is 0.329 e. The average Bonchev–Trinajstić information content (AvgIpc) is 2.94. The second kappa shape index (κ2) is 14.9. The number of rotatable bonds is 11. The molecule has 0 aromatic heterocycles. The largest absolute Gasteiger partial charge is 0.493 e. The van der Waals surface area contributed by atoms with E-state index in [-0.39, 0.29) is 12.5 Å². The van der Waals surface area contributed by atoms with Gasteiger partial charge in [0, 0.05) is 16.4 Å². The Morgan fingerprint density at radius 3 is 2.50 bits per heavy atom. The number of halogens is 2. The molecule has 0 spiro atoms. The predicted molar refractivity (Wildman–Crippen MR) is 163 cm³/mol. The molecule has 12 heteroatoms. The molecule has 0 aliphatic heterocycles. The van der Waals surface area contributed by atoms with Crippen LogP contribution < -0.4 is 30.3 Å². The van der Waals surface area contributed by atoms with Crippen LogP contribution in [0, 0.1) is 10.5 Å². The Bertz CT molecular complexity index is 1430. The predicted octanol–water partition coefficient (Wildman–Crippen LogP) is 4.93. The number of ether oxygens (including phenoxy) is 3. The van der Waals surface area contributed by atoms with E-state index >= 15 is 0 Å². The lowest BCUT2D eigenvalue weighted by Gasteiger charge is -2.14. The minimum atomic E-state index is -0.953. The first kappa shape index (κ1) is 30.4. The number of nitrogens with one attached hydrogen (secondary N) is 3. The number of anilines is 2. The van der Waals surface area contributed by atoms with E-state index in [9.17, 15) is 14.4 Å². The van der Waals surface area contributed by atoms with Gasteiger partial charge in [-0.3, -0.25) is 14.4 Å². The smallest absolute Gasteiger partial charge is 0.329 e. The van der Waals surface area contributed by atoms with Crippen molar-refractivity contribution in [2.45, 2.75) is 6.92 Å². The van der Waals surface area contributed by atoms with Crippen molar-refractivity contribution in [3.8, 4) is 17.2 Å². The minimum Gasteiger partial charge on any atom is -0.493 e. The molecule has 3 N–H and O–H groups in total. The Kier molecular flexibility index (Phi) is 11.3. The molecule has 0 saturated carbocycles. The molecule has 3 rings (SSSR count). The first-order valence-corrected chi connectivity index (χ1v) is 13.2. The van der Waals surface area contributed by atoms with E-state index in [0.29, 0.717) is 49.4 Å². The number of carbonyl (C=O) groups is 3. The molecular weight excluding hydrogens is 651 g/mol. The second-order valence-electron chi connectivity index (χ2n) is 8.06. The number of benzene rings is 3. The molecule has 0 atom stereocenters. The topological polar surface area (TPSA) is 127 Å². The van der Waals surface area contributed by atoms with Gasteiger partial charge in [0.15, 0.2) is 18.1 Å². The molecule has 0 saturated heterocycles. The summed E-state index contributed by atoms with van der Waals surface area (Å²) in [6.07, 6.45) is 2.96. The Labute approximate surface area is 249 Å². The van der Waals surface area contributed by atoms with Crippen molar-refractivity contribution in [2.75, 3.05) is 31.0 Å². The fraction of sp³-hybridized carbons (Fsp3) is 0.143. The van der Waals surface area contributed by atoms with Crippen molar-refractivity contribution >= 4 is 69.5 Å². The van der Waals surface area contributed by atoms with Crippen LogP contribution in [-0.4, -0.2) is 44.3 Å². The van der Waals surface area contributed by atoms with Crippen LogP contribution in [0.4, 0.5) is 11.4 Å². The third-order valence-electron chi connectivity index (χ3n) is 5.21. The minimum absolute atomic E-state index is 0.262. The van der Waals surface area contributed by atoms with E-state index in [2.05, 4.69) is 27.7 Å². The van der Waals surface area contributed by atoms with Gasteiger partial charge in [0.2, 0.25) is 0 Å². The zero-order valence-electron chi connectivity index (χ0n) is 21.6. The first-order valence-electron chi connectivity index (χ1n) is 11.7. The van der Waals surface area contributed by atoms with Crippen LogP contribution >= 0.6 is 34.2 Å². The van der Waals surface area contributed by atoms with Crippen LogP contribution in [0.15, 0.2) is 72.4 Å². The number of hydrazone groups is 1. The summed E-state index contributed by atoms with van der Waals surface area (Å²) in [6.45, 7) is 5.47. The number of methoxy groups -OCH3 is 1. The molecule has 0 heterocycles. The van der Waals surface area contributed by atoms with Crippen LogP contribution in [-0.2, 0) is 14.4 Å². The molecule has 3 amide bonds. The Morgan fingerprint density at radius 1 is 1.05 bits per heavy atom. The van der Waals surface area contributed by atoms with Gasteiger partial charge in [0.25, 0.3) is 5.91 Å². The third kappa shape index (κ3) is 8.71. The molecule has 0 unspecified atom stereocenters. The highest BCUT2D eigenvalue weighted by Gasteiger charge is 2.15. The lowest BCUT2D eigenvalue weighted by atomic mass is 10.2. The number of nitrogens with zero attached hydrogens (tertiary/aromatic N) is 1. The van der Waals surface area contributed by atoms with Crippen LogP contribution in [0.5, 0.6) is 17.2 Å². The summed E-state index contributed by atoms with van der Waals surface area (Å²) < 4.78 is 17.1. The maximum absolute atomic E-state index is 12.4. The van der Waals surface area contributed by atoms with Gasteiger partial charge in [0.05, 0.1) is 16.9 Å². The van der Waals surface area contributed by atoms with Gasteiger partial charge in [-0.05, 0) is 89.2 Å². The fourth-order valence-electron chi connectivity index (χ4n) is 3.21. The normalized spacial score (nSPS) is 10.5. The molecule has 0 aliphatic rings. The van der Waals surface area contributed by atoms with E-state index in [4.69, 9.17) is 25.8 Å². The summed E-state index contributed by atoms with van der Waals surface area (Å²) in [6, 6.07) is 15.1. The van der Waals surface area contributed by atoms with Crippen molar-refractivity contribution in [1.82, 2.24) is 5.43 Å². The monoisotopic (exact) mass is 676 g/mol. The maximum atomic E-state index is 12.4. The summed E-state index contributed by atoms with van der Waals surface area (Å²) in [7, 11) is 1.46. The summed E-state index contributed by atoms with van der Waals surface area (Å²) in [5.74, 6) is -0.895. The van der Waals surface area contributed by atoms with E-state index < -0.39 is 11.8 Å². The highest BCUT2D eigenvalue weighted by atomic mass is 127. The highest BCUT2D eigenvalue weighted by molar-refractivity contribution is 14.1. The molecule has 40 heavy (non-hydrogen) atoms. The molecular formula is C28H26ClIN4O6. The van der Waals surface area contributed by atoms with E-state index in [1.54, 1.807) is 67.6 Å². The van der Waals surface area contributed by atoms with Crippen LogP contribution in [0.1, 0.15) is 11.1 Å². The molecule has 208 valence electrons. The lowest BCUT2D eigenvalue weighted by molar-refractivity contribution is -0.136. The van der Waals surface area contributed by atoms with Gasteiger partial charge >= 0.3 is 11.8 Å². The van der Waals surface area contributed by atoms with Gasteiger partial charge in [-0.15, -0.1) is 0 Å². The zero-order chi connectivity index (χ0) is 29.1. The molecule has 0 aliphatic carbocycles. The van der Waals surface area contributed by atoms with Crippen molar-refractivity contribution in [2.24, 2.45) is 5.10 Å². The summed E-state index contributed by atoms with van der Waals surface area (Å²) in [5, 5.41) is 9.63. The summed E-state index contributed by atoms with van der Waals surface area (Å²) >= 11 is 8.14. The van der Waals surface area contributed by atoms with E-state index in [0.717, 1.165) is 5.56 Å². The third-order valence-corrected chi connectivity index (χ3v) is 6.42. The Morgan fingerprint density at radius 2 is 1.80 bits per heavy atom. The van der Waals surface area contributed by atoms with Crippen molar-refractivity contribution < 1.29 is 28.6 Å². The van der Waals surface area contributed by atoms with Gasteiger partial charge in [0.1, 0.15) is 12.4 Å². The first-order chi connectivity index (χ1) is 19.2. The van der Waals surface area contributed by atoms with E-state index in [1.807, 2.05) is 22.6 Å². The number of carbonyl (C=O) groups excluding carboxylic acids is 3. The van der Waals surface area contributed by atoms with Gasteiger partial charge in [-0.1, -0.05) is 30.3 Å². The quantitative estimate of drug-likeness (QED) is 0.0869. The second-order valence-corrected chi connectivity index (χ2v) is 9.63. The molecule has 3 aromatic carbocycles. The fourth-order valence-corrected chi connectivity index (χ4v) is 4.17. The number of hydrogen-bond acceptors (Lipinski definition) is 7. The SMILES string of the molecule is C=CCOc1ccc(NC(=O)C(=O)N/N=C\c2cc(I)c(OCC(=O)Nc3cccc(Cl)c3C)c(OC)c2)cc1.